The molecule has 2 aliphatic heterocycles. The van der Waals surface area contributed by atoms with Crippen molar-refractivity contribution in [3.8, 4) is 10.8 Å². The molecule has 2 fully saturated rings. The van der Waals surface area contributed by atoms with Gasteiger partial charge < -0.3 is 9.73 Å². The number of fused-ring (bicyclic) bond motifs is 1. The van der Waals surface area contributed by atoms with Crippen molar-refractivity contribution in [2.24, 2.45) is 0 Å². The molecular weight excluding hydrogens is 298 g/mol. The summed E-state index contributed by atoms with van der Waals surface area (Å²) < 4.78 is 5.33. The largest absolute Gasteiger partial charge is 0.462 e. The van der Waals surface area contributed by atoms with Gasteiger partial charge in [0.2, 0.25) is 0 Å². The van der Waals surface area contributed by atoms with Crippen molar-refractivity contribution in [2.45, 2.75) is 37.8 Å². The highest BCUT2D eigenvalue weighted by Crippen LogP contribution is 2.28. The molecule has 2 saturated heterocycles. The highest BCUT2D eigenvalue weighted by atomic mass is 32.1. The number of carbonyl (C=O) groups excluding carboxylic acids is 1. The van der Waals surface area contributed by atoms with Crippen LogP contribution in [-0.4, -0.2) is 41.0 Å². The molecule has 0 spiro atoms. The Morgan fingerprint density at radius 2 is 2.32 bits per heavy atom. The van der Waals surface area contributed by atoms with Crippen LogP contribution >= 0.6 is 11.3 Å². The van der Waals surface area contributed by atoms with Gasteiger partial charge in [-0.2, -0.15) is 0 Å². The topological polar surface area (TPSA) is 58.4 Å². The average Bonchev–Trinajstić information content (AvgIpc) is 3.28. The maximum absolute atomic E-state index is 12.4. The molecule has 4 heterocycles. The number of nitrogens with one attached hydrogen (secondary N) is 1. The number of furan rings is 1. The maximum atomic E-state index is 12.4. The van der Waals surface area contributed by atoms with E-state index < -0.39 is 0 Å². The lowest BCUT2D eigenvalue weighted by Gasteiger charge is -2.32. The Morgan fingerprint density at radius 3 is 3.18 bits per heavy atom. The monoisotopic (exact) mass is 317 g/mol. The molecule has 4 rings (SSSR count). The molecule has 116 valence electrons. The zero-order valence-electron chi connectivity index (χ0n) is 12.3. The van der Waals surface area contributed by atoms with Crippen LogP contribution in [0.5, 0.6) is 0 Å². The second kappa shape index (κ2) is 5.85. The fraction of sp³-hybridized carbons (Fsp3) is 0.500. The smallest absolute Gasteiger partial charge is 0.271 e. The van der Waals surface area contributed by atoms with E-state index in [1.54, 1.807) is 11.6 Å². The van der Waals surface area contributed by atoms with Crippen molar-refractivity contribution < 1.29 is 9.21 Å². The van der Waals surface area contributed by atoms with Gasteiger partial charge in [-0.15, -0.1) is 11.3 Å². The van der Waals surface area contributed by atoms with Crippen molar-refractivity contribution in [1.82, 2.24) is 15.2 Å². The van der Waals surface area contributed by atoms with Crippen molar-refractivity contribution in [1.29, 1.82) is 0 Å². The molecule has 1 N–H and O–H groups in total. The molecule has 0 saturated carbocycles. The second-order valence-electron chi connectivity index (χ2n) is 5.98. The highest BCUT2D eigenvalue weighted by molar-refractivity contribution is 7.13. The molecule has 0 bridgehead atoms. The number of hydrogen-bond donors (Lipinski definition) is 1. The van der Waals surface area contributed by atoms with Gasteiger partial charge >= 0.3 is 0 Å². The molecule has 6 heteroatoms. The predicted molar refractivity (Wildman–Crippen MR) is 84.9 cm³/mol. The van der Waals surface area contributed by atoms with Gasteiger partial charge in [-0.3, -0.25) is 9.69 Å². The van der Waals surface area contributed by atoms with E-state index in [9.17, 15) is 4.79 Å². The number of hydrogen-bond acceptors (Lipinski definition) is 5. The van der Waals surface area contributed by atoms with Crippen LogP contribution in [0.15, 0.2) is 28.2 Å². The van der Waals surface area contributed by atoms with Crippen LogP contribution in [0.25, 0.3) is 10.8 Å². The molecule has 0 radical (unpaired) electrons. The summed E-state index contributed by atoms with van der Waals surface area (Å²) in [6.07, 6.45) is 6.42. The first-order chi connectivity index (χ1) is 10.8. The van der Waals surface area contributed by atoms with Crippen molar-refractivity contribution in [3.63, 3.8) is 0 Å². The van der Waals surface area contributed by atoms with Gasteiger partial charge in [0.25, 0.3) is 5.91 Å². The summed E-state index contributed by atoms with van der Waals surface area (Å²) in [6.45, 7) is 2.28. The summed E-state index contributed by atoms with van der Waals surface area (Å²) in [5, 5.41) is 5.74. The average molecular weight is 317 g/mol. The number of thiazole rings is 1. The number of aromatic nitrogens is 1. The van der Waals surface area contributed by atoms with Crippen LogP contribution in [0.3, 0.4) is 0 Å². The molecule has 5 nitrogen and oxygen atoms in total. The lowest BCUT2D eigenvalue weighted by Crippen LogP contribution is -2.46. The summed E-state index contributed by atoms with van der Waals surface area (Å²) in [7, 11) is 0. The minimum Gasteiger partial charge on any atom is -0.462 e. The van der Waals surface area contributed by atoms with Gasteiger partial charge in [0, 0.05) is 24.0 Å². The Balaban J connectivity index is 1.44. The Kier molecular flexibility index (Phi) is 3.72. The van der Waals surface area contributed by atoms with Gasteiger partial charge in [0.1, 0.15) is 5.69 Å². The van der Waals surface area contributed by atoms with Gasteiger partial charge in [-0.1, -0.05) is 6.42 Å². The van der Waals surface area contributed by atoms with E-state index in [2.05, 4.69) is 15.2 Å². The minimum absolute atomic E-state index is 0.0634. The highest BCUT2D eigenvalue weighted by Gasteiger charge is 2.36. The first kappa shape index (κ1) is 14.0. The van der Waals surface area contributed by atoms with E-state index in [1.807, 2.05) is 12.1 Å². The number of piperidine rings is 1. The Bertz CT molecular complexity index is 652. The van der Waals surface area contributed by atoms with E-state index in [1.165, 1.54) is 37.1 Å². The van der Waals surface area contributed by atoms with Crippen LogP contribution in [0.4, 0.5) is 0 Å². The lowest BCUT2D eigenvalue weighted by atomic mass is 9.99. The van der Waals surface area contributed by atoms with Crippen molar-refractivity contribution >= 4 is 17.2 Å². The van der Waals surface area contributed by atoms with Crippen LogP contribution in [0.2, 0.25) is 0 Å². The Morgan fingerprint density at radius 1 is 1.36 bits per heavy atom. The summed E-state index contributed by atoms with van der Waals surface area (Å²) in [6, 6.07) is 4.46. The SMILES string of the molecule is O=C(N[C@@H]1CCN2CCCC[C@@H]12)c1csc(-c2ccco2)n1. The summed E-state index contributed by atoms with van der Waals surface area (Å²) in [4.78, 5) is 19.4. The molecule has 2 aliphatic rings. The summed E-state index contributed by atoms with van der Waals surface area (Å²) >= 11 is 1.44. The van der Waals surface area contributed by atoms with E-state index in [0.29, 0.717) is 17.5 Å². The van der Waals surface area contributed by atoms with Crippen LogP contribution in [-0.2, 0) is 0 Å². The number of rotatable bonds is 3. The third kappa shape index (κ3) is 2.57. The fourth-order valence-corrected chi connectivity index (χ4v) is 4.32. The van der Waals surface area contributed by atoms with E-state index in [0.717, 1.165) is 18.0 Å². The molecule has 1 amide bonds. The van der Waals surface area contributed by atoms with Crippen molar-refractivity contribution in [2.75, 3.05) is 13.1 Å². The lowest BCUT2D eigenvalue weighted by molar-refractivity contribution is 0.0911. The van der Waals surface area contributed by atoms with Crippen LogP contribution in [0.1, 0.15) is 36.2 Å². The maximum Gasteiger partial charge on any atom is 0.271 e. The molecule has 0 aromatic carbocycles. The van der Waals surface area contributed by atoms with E-state index in [-0.39, 0.29) is 11.9 Å². The Hall–Kier alpha value is -1.66. The fourth-order valence-electron chi connectivity index (χ4n) is 3.55. The molecule has 0 unspecified atom stereocenters. The number of carbonyl (C=O) groups is 1. The normalized spacial score (nSPS) is 25.1. The van der Waals surface area contributed by atoms with Crippen molar-refractivity contribution in [3.05, 3.63) is 29.5 Å². The first-order valence-corrected chi connectivity index (χ1v) is 8.73. The molecule has 2 aromatic heterocycles. The standard InChI is InChI=1S/C16H19N3O2S/c20-15(12-10-22-16(18-12)14-5-3-9-21-14)17-11-6-8-19-7-2-1-4-13(11)19/h3,5,9-11,13H,1-2,4,6-8H2,(H,17,20)/t11-,13+/m1/s1. The third-order valence-electron chi connectivity index (χ3n) is 4.64. The Labute approximate surface area is 133 Å². The quantitative estimate of drug-likeness (QED) is 0.945. The minimum atomic E-state index is -0.0634. The second-order valence-corrected chi connectivity index (χ2v) is 6.84. The van der Waals surface area contributed by atoms with Crippen LogP contribution in [0, 0.1) is 0 Å². The van der Waals surface area contributed by atoms with Gasteiger partial charge in [-0.25, -0.2) is 4.98 Å². The zero-order chi connectivity index (χ0) is 14.9. The molecular formula is C16H19N3O2S. The summed E-state index contributed by atoms with van der Waals surface area (Å²) in [5.74, 6) is 0.648. The third-order valence-corrected chi connectivity index (χ3v) is 5.50. The van der Waals surface area contributed by atoms with Gasteiger partial charge in [-0.05, 0) is 37.9 Å². The summed E-state index contributed by atoms with van der Waals surface area (Å²) in [5.41, 5.74) is 0.491. The van der Waals surface area contributed by atoms with E-state index in [4.69, 9.17) is 4.42 Å². The van der Waals surface area contributed by atoms with Gasteiger partial charge in [0.15, 0.2) is 10.8 Å². The molecule has 22 heavy (non-hydrogen) atoms. The zero-order valence-corrected chi connectivity index (χ0v) is 13.1. The molecule has 2 atom stereocenters. The predicted octanol–water partition coefficient (Wildman–Crippen LogP) is 2.76. The molecule has 0 aliphatic carbocycles. The first-order valence-electron chi connectivity index (χ1n) is 7.85. The van der Waals surface area contributed by atoms with Crippen LogP contribution < -0.4 is 5.32 Å². The van der Waals surface area contributed by atoms with E-state index >= 15 is 0 Å². The molecule has 2 aromatic rings. The number of amides is 1. The number of nitrogens with zero attached hydrogens (tertiary/aromatic N) is 2. The van der Waals surface area contributed by atoms with Gasteiger partial charge in [0.05, 0.1) is 6.26 Å².